The molecule has 0 bridgehead atoms. The minimum Gasteiger partial charge on any atom is -0.144 e. The summed E-state index contributed by atoms with van der Waals surface area (Å²) in [7, 11) is 0. The smallest absolute Gasteiger partial charge is 0.0457 e. The molecule has 3 aromatic heterocycles. The van der Waals surface area contributed by atoms with E-state index in [9.17, 15) is 0 Å². The second-order valence-corrected chi connectivity index (χ2v) is 6.91. The van der Waals surface area contributed by atoms with Gasteiger partial charge in [-0.2, -0.15) is 0 Å². The zero-order chi connectivity index (χ0) is 11.2. The minimum absolute atomic E-state index is 1.34. The third kappa shape index (κ3) is 1.54. The number of hydrogen-bond acceptors (Lipinski definition) is 3. The molecule has 0 amide bonds. The Labute approximate surface area is 111 Å². The topological polar surface area (TPSA) is 0 Å². The standard InChI is InChI=1S/C14H8S3/c1-2-11-10(3-5-15-11)7-9(1)13-8-14-12(17-13)4-6-16-14/h1-8H. The second kappa shape index (κ2) is 3.67. The number of thiophene rings is 3. The van der Waals surface area contributed by atoms with Gasteiger partial charge in [-0.1, -0.05) is 6.07 Å². The molecule has 0 unspecified atom stereocenters. The van der Waals surface area contributed by atoms with E-state index in [1.807, 2.05) is 22.7 Å². The van der Waals surface area contributed by atoms with E-state index < -0.39 is 0 Å². The third-order valence-corrected chi connectivity index (χ3v) is 5.92. The Morgan fingerprint density at radius 1 is 0.706 bits per heavy atom. The van der Waals surface area contributed by atoms with Crippen molar-refractivity contribution in [2.75, 3.05) is 0 Å². The fourth-order valence-electron chi connectivity index (χ4n) is 2.03. The largest absolute Gasteiger partial charge is 0.144 e. The van der Waals surface area contributed by atoms with E-state index in [-0.39, 0.29) is 0 Å². The molecule has 4 aromatic rings. The molecule has 0 saturated carbocycles. The quantitative estimate of drug-likeness (QED) is 0.408. The Balaban J connectivity index is 1.95. The van der Waals surface area contributed by atoms with Gasteiger partial charge >= 0.3 is 0 Å². The Morgan fingerprint density at radius 3 is 2.53 bits per heavy atom. The van der Waals surface area contributed by atoms with Crippen LogP contribution < -0.4 is 0 Å². The molecular formula is C14H8S3. The fraction of sp³-hybridized carbons (Fsp3) is 0. The van der Waals surface area contributed by atoms with Crippen LogP contribution in [0.5, 0.6) is 0 Å². The molecular weight excluding hydrogens is 264 g/mol. The van der Waals surface area contributed by atoms with Crippen LogP contribution in [0.3, 0.4) is 0 Å². The van der Waals surface area contributed by atoms with Crippen LogP contribution in [0.15, 0.2) is 47.2 Å². The lowest BCUT2D eigenvalue weighted by atomic mass is 10.1. The highest BCUT2D eigenvalue weighted by molar-refractivity contribution is 7.28. The molecule has 17 heavy (non-hydrogen) atoms. The minimum atomic E-state index is 1.34. The number of rotatable bonds is 1. The first-order chi connectivity index (χ1) is 8.40. The average Bonchev–Trinajstić information content (AvgIpc) is 3.02. The maximum Gasteiger partial charge on any atom is 0.0457 e. The molecule has 0 N–H and O–H groups in total. The maximum absolute atomic E-state index is 2.30. The summed E-state index contributed by atoms with van der Waals surface area (Å²) < 4.78 is 4.16. The van der Waals surface area contributed by atoms with E-state index in [2.05, 4.69) is 47.2 Å². The summed E-state index contributed by atoms with van der Waals surface area (Å²) in [6, 6.07) is 13.5. The second-order valence-electron chi connectivity index (χ2n) is 3.93. The predicted octanol–water partition coefficient (Wildman–Crippen LogP) is 5.84. The first-order valence-electron chi connectivity index (χ1n) is 5.35. The summed E-state index contributed by atoms with van der Waals surface area (Å²) >= 11 is 5.51. The molecule has 3 heterocycles. The average molecular weight is 272 g/mol. The van der Waals surface area contributed by atoms with Crippen molar-refractivity contribution in [2.45, 2.75) is 0 Å². The Bertz CT molecular complexity index is 772. The van der Waals surface area contributed by atoms with Crippen LogP contribution in [0.25, 0.3) is 29.9 Å². The zero-order valence-electron chi connectivity index (χ0n) is 8.84. The van der Waals surface area contributed by atoms with E-state index >= 15 is 0 Å². The first-order valence-corrected chi connectivity index (χ1v) is 7.92. The summed E-state index contributed by atoms with van der Waals surface area (Å²) in [5.74, 6) is 0. The zero-order valence-corrected chi connectivity index (χ0v) is 11.3. The van der Waals surface area contributed by atoms with E-state index in [0.717, 1.165) is 0 Å². The van der Waals surface area contributed by atoms with Gasteiger partial charge in [-0.25, -0.2) is 0 Å². The van der Waals surface area contributed by atoms with Crippen LogP contribution in [0.1, 0.15) is 0 Å². The molecule has 0 aliphatic rings. The molecule has 1 aromatic carbocycles. The van der Waals surface area contributed by atoms with Gasteiger partial charge in [-0.3, -0.25) is 0 Å². The number of hydrogen-bond donors (Lipinski definition) is 0. The lowest BCUT2D eigenvalue weighted by Gasteiger charge is -1.97. The van der Waals surface area contributed by atoms with Crippen LogP contribution in [0, 0.1) is 0 Å². The van der Waals surface area contributed by atoms with Crippen LogP contribution in [-0.4, -0.2) is 0 Å². The van der Waals surface area contributed by atoms with Gasteiger partial charge in [0.15, 0.2) is 0 Å². The molecule has 0 aliphatic carbocycles. The predicted molar refractivity (Wildman–Crippen MR) is 80.5 cm³/mol. The molecule has 0 saturated heterocycles. The van der Waals surface area contributed by atoms with Crippen molar-refractivity contribution in [3.8, 4) is 10.4 Å². The molecule has 0 spiro atoms. The van der Waals surface area contributed by atoms with Crippen molar-refractivity contribution >= 4 is 53.5 Å². The van der Waals surface area contributed by atoms with E-state index in [0.29, 0.717) is 0 Å². The van der Waals surface area contributed by atoms with Gasteiger partial charge in [0, 0.05) is 19.0 Å². The van der Waals surface area contributed by atoms with Crippen molar-refractivity contribution < 1.29 is 0 Å². The van der Waals surface area contributed by atoms with E-state index in [1.165, 1.54) is 29.9 Å². The van der Waals surface area contributed by atoms with E-state index in [1.54, 1.807) is 11.3 Å². The van der Waals surface area contributed by atoms with Gasteiger partial charge in [0.05, 0.1) is 0 Å². The third-order valence-electron chi connectivity index (χ3n) is 2.88. The van der Waals surface area contributed by atoms with Crippen molar-refractivity contribution in [1.82, 2.24) is 0 Å². The Morgan fingerprint density at radius 2 is 1.59 bits per heavy atom. The normalized spacial score (nSPS) is 11.5. The number of benzene rings is 1. The summed E-state index contributed by atoms with van der Waals surface area (Å²) in [5, 5.41) is 5.67. The van der Waals surface area contributed by atoms with Crippen LogP contribution in [-0.2, 0) is 0 Å². The van der Waals surface area contributed by atoms with Crippen molar-refractivity contribution in [3.63, 3.8) is 0 Å². The summed E-state index contributed by atoms with van der Waals surface area (Å²) in [4.78, 5) is 1.37. The van der Waals surface area contributed by atoms with Crippen molar-refractivity contribution in [1.29, 1.82) is 0 Å². The van der Waals surface area contributed by atoms with Gasteiger partial charge in [-0.05, 0) is 52.0 Å². The molecule has 0 nitrogen and oxygen atoms in total. The monoisotopic (exact) mass is 272 g/mol. The highest BCUT2D eigenvalue weighted by Crippen LogP contribution is 2.37. The molecule has 0 aliphatic heterocycles. The number of fused-ring (bicyclic) bond motifs is 2. The molecule has 82 valence electrons. The summed E-state index contributed by atoms with van der Waals surface area (Å²) in [6.45, 7) is 0. The van der Waals surface area contributed by atoms with Gasteiger partial charge in [0.1, 0.15) is 0 Å². The van der Waals surface area contributed by atoms with Crippen LogP contribution >= 0.6 is 34.0 Å². The molecule has 0 radical (unpaired) electrons. The first kappa shape index (κ1) is 9.83. The Kier molecular flexibility index (Phi) is 2.12. The van der Waals surface area contributed by atoms with E-state index in [4.69, 9.17) is 0 Å². The molecule has 0 fully saturated rings. The molecule has 0 atom stereocenters. The van der Waals surface area contributed by atoms with Gasteiger partial charge in [-0.15, -0.1) is 34.0 Å². The Hall–Kier alpha value is -1.16. The summed E-state index contributed by atoms with van der Waals surface area (Å²) in [5.41, 5.74) is 1.34. The van der Waals surface area contributed by atoms with Crippen LogP contribution in [0.4, 0.5) is 0 Å². The molecule has 3 heteroatoms. The fourth-order valence-corrected chi connectivity index (χ4v) is 4.90. The highest BCUT2D eigenvalue weighted by Gasteiger charge is 2.06. The van der Waals surface area contributed by atoms with Gasteiger partial charge in [0.25, 0.3) is 0 Å². The SMILES string of the molecule is c1cc2cc(-c3cc4sccc4s3)ccc2s1. The summed E-state index contributed by atoms with van der Waals surface area (Å²) in [6.07, 6.45) is 0. The van der Waals surface area contributed by atoms with Crippen LogP contribution in [0.2, 0.25) is 0 Å². The lowest BCUT2D eigenvalue weighted by Crippen LogP contribution is -1.70. The maximum atomic E-state index is 2.30. The van der Waals surface area contributed by atoms with Gasteiger partial charge < -0.3 is 0 Å². The molecule has 4 rings (SSSR count). The van der Waals surface area contributed by atoms with Gasteiger partial charge in [0.2, 0.25) is 0 Å². The van der Waals surface area contributed by atoms with Crippen molar-refractivity contribution in [3.05, 3.63) is 47.2 Å². The lowest BCUT2D eigenvalue weighted by molar-refractivity contribution is 1.82. The van der Waals surface area contributed by atoms with Crippen molar-refractivity contribution in [2.24, 2.45) is 0 Å². The highest BCUT2D eigenvalue weighted by atomic mass is 32.1.